The summed E-state index contributed by atoms with van der Waals surface area (Å²) in [6.07, 6.45) is -4.23. The van der Waals surface area contributed by atoms with Crippen LogP contribution < -0.4 is 9.03 Å². The number of sulfonamides is 2. The first kappa shape index (κ1) is 20.7. The van der Waals surface area contributed by atoms with Crippen LogP contribution >= 0.6 is 11.6 Å². The number of rotatable bonds is 4. The van der Waals surface area contributed by atoms with E-state index in [0.29, 0.717) is 30.8 Å². The summed E-state index contributed by atoms with van der Waals surface area (Å²) in [6, 6.07) is 7.47. The van der Waals surface area contributed by atoms with Gasteiger partial charge in [-0.25, -0.2) is 16.8 Å². The highest BCUT2D eigenvalue weighted by Gasteiger charge is 2.33. The van der Waals surface area contributed by atoms with Crippen molar-refractivity contribution in [3.05, 3.63) is 53.1 Å². The van der Waals surface area contributed by atoms with Crippen LogP contribution in [-0.4, -0.2) is 29.1 Å². The van der Waals surface area contributed by atoms with E-state index in [1.807, 2.05) is 0 Å². The molecule has 1 fully saturated rings. The predicted octanol–water partition coefficient (Wildman–Crippen LogP) is 3.70. The molecule has 0 amide bonds. The molecule has 1 saturated heterocycles. The highest BCUT2D eigenvalue weighted by Crippen LogP contribution is 2.34. The van der Waals surface area contributed by atoms with Gasteiger partial charge < -0.3 is 0 Å². The molecular formula is C16H14ClF3N2O4S2. The van der Waals surface area contributed by atoms with Gasteiger partial charge in [0.25, 0.3) is 10.0 Å². The Labute approximate surface area is 165 Å². The molecule has 2 aromatic rings. The number of anilines is 2. The van der Waals surface area contributed by atoms with Gasteiger partial charge in [0.1, 0.15) is 4.90 Å². The van der Waals surface area contributed by atoms with Crippen molar-refractivity contribution in [2.24, 2.45) is 0 Å². The van der Waals surface area contributed by atoms with Crippen molar-refractivity contribution in [1.29, 1.82) is 0 Å². The van der Waals surface area contributed by atoms with Gasteiger partial charge in [0.05, 0.1) is 22.0 Å². The van der Waals surface area contributed by atoms with Crippen LogP contribution in [0.1, 0.15) is 12.0 Å². The Morgan fingerprint density at radius 1 is 1.07 bits per heavy atom. The number of alkyl halides is 3. The Bertz CT molecular complexity index is 1100. The van der Waals surface area contributed by atoms with E-state index in [9.17, 15) is 30.0 Å². The van der Waals surface area contributed by atoms with E-state index >= 15 is 0 Å². The third kappa shape index (κ3) is 4.20. The number of hydrogen-bond acceptors (Lipinski definition) is 4. The van der Waals surface area contributed by atoms with E-state index in [-0.39, 0.29) is 16.5 Å². The smallest absolute Gasteiger partial charge is 0.280 e. The minimum absolute atomic E-state index is 0.0371. The van der Waals surface area contributed by atoms with Gasteiger partial charge in [0.2, 0.25) is 10.0 Å². The number of benzene rings is 2. The lowest BCUT2D eigenvalue weighted by molar-refractivity contribution is -0.137. The average molecular weight is 455 g/mol. The van der Waals surface area contributed by atoms with E-state index in [0.717, 1.165) is 6.07 Å². The van der Waals surface area contributed by atoms with Crippen molar-refractivity contribution in [3.63, 3.8) is 0 Å². The average Bonchev–Trinajstić information content (AvgIpc) is 2.93. The van der Waals surface area contributed by atoms with Gasteiger partial charge in [-0.2, -0.15) is 13.2 Å². The number of halogens is 4. The van der Waals surface area contributed by atoms with Crippen molar-refractivity contribution < 1.29 is 30.0 Å². The van der Waals surface area contributed by atoms with Gasteiger partial charge in [-0.3, -0.25) is 9.03 Å². The van der Waals surface area contributed by atoms with Crippen LogP contribution in [0, 0.1) is 0 Å². The fourth-order valence-corrected chi connectivity index (χ4v) is 5.87. The standard InChI is InChI=1S/C16H14ClF3N2O4S2/c17-14-7-2-11(16(18,19)20)10-15(14)28(25,26)21-12-3-5-13(6-4-12)22-8-1-9-27(22,23)24/h2-7,10,21H,1,8-9H2. The molecule has 12 heteroatoms. The lowest BCUT2D eigenvalue weighted by Crippen LogP contribution is -2.25. The summed E-state index contributed by atoms with van der Waals surface area (Å²) in [5, 5.41) is -0.361. The third-order valence-corrected chi connectivity index (χ3v) is 7.79. The van der Waals surface area contributed by atoms with Gasteiger partial charge in [-0.15, -0.1) is 0 Å². The molecule has 0 bridgehead atoms. The molecule has 1 aliphatic heterocycles. The molecule has 0 atom stereocenters. The molecule has 152 valence electrons. The molecule has 0 saturated carbocycles. The summed E-state index contributed by atoms with van der Waals surface area (Å²) >= 11 is 5.78. The van der Waals surface area contributed by atoms with E-state index in [1.165, 1.54) is 28.6 Å². The lowest BCUT2D eigenvalue weighted by Gasteiger charge is -2.17. The van der Waals surface area contributed by atoms with Gasteiger partial charge in [0, 0.05) is 12.2 Å². The first-order chi connectivity index (χ1) is 12.9. The van der Waals surface area contributed by atoms with Crippen molar-refractivity contribution in [2.75, 3.05) is 21.3 Å². The van der Waals surface area contributed by atoms with Gasteiger partial charge >= 0.3 is 6.18 Å². The van der Waals surface area contributed by atoms with Crippen molar-refractivity contribution in [1.82, 2.24) is 0 Å². The second-order valence-corrected chi connectivity index (χ2v) is 10.1. The molecule has 6 nitrogen and oxygen atoms in total. The lowest BCUT2D eigenvalue weighted by atomic mass is 10.2. The molecule has 0 aliphatic carbocycles. The quantitative estimate of drug-likeness (QED) is 0.763. The molecule has 28 heavy (non-hydrogen) atoms. The Kier molecular flexibility index (Phi) is 5.28. The number of nitrogens with one attached hydrogen (secondary N) is 1. The normalized spacial score (nSPS) is 16.9. The summed E-state index contributed by atoms with van der Waals surface area (Å²) in [6.45, 7) is 0.327. The van der Waals surface area contributed by atoms with E-state index in [2.05, 4.69) is 4.72 Å². The second kappa shape index (κ2) is 7.12. The molecule has 0 aromatic heterocycles. The summed E-state index contributed by atoms with van der Waals surface area (Å²) in [5.41, 5.74) is -0.724. The molecule has 0 spiro atoms. The molecule has 1 N–H and O–H groups in total. The summed E-state index contributed by atoms with van der Waals surface area (Å²) in [4.78, 5) is -0.713. The van der Waals surface area contributed by atoms with E-state index in [1.54, 1.807) is 0 Å². The first-order valence-electron chi connectivity index (χ1n) is 7.90. The Morgan fingerprint density at radius 3 is 2.25 bits per heavy atom. The van der Waals surface area contributed by atoms with Crippen LogP contribution in [0.25, 0.3) is 0 Å². The Hall–Kier alpha value is -1.98. The maximum atomic E-state index is 12.9. The van der Waals surface area contributed by atoms with Crippen LogP contribution in [0.2, 0.25) is 5.02 Å². The molecule has 3 rings (SSSR count). The van der Waals surface area contributed by atoms with Crippen LogP contribution in [0.5, 0.6) is 0 Å². The third-order valence-electron chi connectivity index (χ3n) is 4.05. The van der Waals surface area contributed by atoms with Crippen molar-refractivity contribution in [2.45, 2.75) is 17.5 Å². The van der Waals surface area contributed by atoms with Crippen LogP contribution in [0.3, 0.4) is 0 Å². The first-order valence-corrected chi connectivity index (χ1v) is 11.4. The monoisotopic (exact) mass is 454 g/mol. The fraction of sp³-hybridized carbons (Fsp3) is 0.250. The topological polar surface area (TPSA) is 83.6 Å². The van der Waals surface area contributed by atoms with E-state index in [4.69, 9.17) is 11.6 Å². The Balaban J connectivity index is 1.87. The molecule has 1 aliphatic rings. The summed E-state index contributed by atoms with van der Waals surface area (Å²) in [7, 11) is -7.78. The molecule has 0 radical (unpaired) electrons. The molecule has 2 aromatic carbocycles. The highest BCUT2D eigenvalue weighted by atomic mass is 35.5. The minimum atomic E-state index is -4.72. The maximum Gasteiger partial charge on any atom is 0.416 e. The van der Waals surface area contributed by atoms with Gasteiger partial charge in [0.15, 0.2) is 0 Å². The van der Waals surface area contributed by atoms with Gasteiger partial charge in [-0.1, -0.05) is 11.6 Å². The Morgan fingerprint density at radius 2 is 1.71 bits per heavy atom. The van der Waals surface area contributed by atoms with E-state index < -0.39 is 36.7 Å². The van der Waals surface area contributed by atoms with Crippen molar-refractivity contribution in [3.8, 4) is 0 Å². The SMILES string of the molecule is O=S(=O)(Nc1ccc(N2CCCS2(=O)=O)cc1)c1cc(C(F)(F)F)ccc1Cl. The largest absolute Gasteiger partial charge is 0.416 e. The zero-order valence-electron chi connectivity index (χ0n) is 14.1. The minimum Gasteiger partial charge on any atom is -0.280 e. The highest BCUT2D eigenvalue weighted by molar-refractivity contribution is 7.93. The maximum absolute atomic E-state index is 12.9. The summed E-state index contributed by atoms with van der Waals surface area (Å²) in [5.74, 6) is 0.0371. The second-order valence-electron chi connectivity index (χ2n) is 6.04. The summed E-state index contributed by atoms with van der Waals surface area (Å²) < 4.78 is 90.7. The number of nitrogens with zero attached hydrogens (tertiary/aromatic N) is 1. The number of hydrogen-bond donors (Lipinski definition) is 1. The zero-order chi connectivity index (χ0) is 20.7. The zero-order valence-corrected chi connectivity index (χ0v) is 16.5. The predicted molar refractivity (Wildman–Crippen MR) is 99.5 cm³/mol. The fourth-order valence-electron chi connectivity index (χ4n) is 2.72. The molecule has 0 unspecified atom stereocenters. The van der Waals surface area contributed by atoms with Gasteiger partial charge in [-0.05, 0) is 48.9 Å². The van der Waals surface area contributed by atoms with Crippen molar-refractivity contribution >= 4 is 43.0 Å². The molecular weight excluding hydrogens is 441 g/mol. The molecule has 1 heterocycles. The van der Waals surface area contributed by atoms with Crippen LogP contribution in [-0.2, 0) is 26.2 Å². The van der Waals surface area contributed by atoms with Crippen LogP contribution in [0.4, 0.5) is 24.5 Å². The van der Waals surface area contributed by atoms with Crippen LogP contribution in [0.15, 0.2) is 47.4 Å².